The minimum atomic E-state index is -0.740. The smallest absolute Gasteiger partial charge is 0.342 e. The summed E-state index contributed by atoms with van der Waals surface area (Å²) in [5.74, 6) is -0.457. The molecule has 0 bridgehead atoms. The van der Waals surface area contributed by atoms with Gasteiger partial charge in [-0.3, -0.25) is 4.79 Å². The maximum absolute atomic E-state index is 12.3. The molecule has 0 aliphatic carbocycles. The predicted octanol–water partition coefficient (Wildman–Crippen LogP) is 3.76. The molecule has 1 amide bonds. The number of carbonyl (C=O) groups is 2. The van der Waals surface area contributed by atoms with Crippen molar-refractivity contribution in [2.24, 2.45) is 0 Å². The number of aromatic hydroxyl groups is 1. The third-order valence-electron chi connectivity index (χ3n) is 4.53. The van der Waals surface area contributed by atoms with Gasteiger partial charge < -0.3 is 19.5 Å². The van der Waals surface area contributed by atoms with Gasteiger partial charge in [-0.25, -0.2) is 4.79 Å². The molecule has 0 saturated carbocycles. The number of benzene rings is 3. The van der Waals surface area contributed by atoms with E-state index in [0.717, 1.165) is 16.7 Å². The van der Waals surface area contributed by atoms with E-state index in [0.29, 0.717) is 18.5 Å². The molecule has 0 aromatic heterocycles. The molecular weight excluding hydrogens is 370 g/mol. The zero-order valence-electron chi connectivity index (χ0n) is 16.4. The summed E-state index contributed by atoms with van der Waals surface area (Å²) in [5.41, 5.74) is 0.966. The van der Waals surface area contributed by atoms with Crippen LogP contribution in [-0.2, 0) is 16.1 Å². The Morgan fingerprint density at radius 2 is 1.72 bits per heavy atom. The maximum atomic E-state index is 12.3. The number of phenols is 1. The number of phenolic OH excluding ortho intramolecular Hbond substituents is 1. The number of ether oxygens (including phenoxy) is 2. The SMILES string of the molecule is CCOc1ccc(CN(C)C(=O)COC(=O)c2ccc3ccccc3c2O)cc1. The second-order valence-corrected chi connectivity index (χ2v) is 6.59. The van der Waals surface area contributed by atoms with Gasteiger partial charge >= 0.3 is 5.97 Å². The first-order valence-electron chi connectivity index (χ1n) is 9.33. The highest BCUT2D eigenvalue weighted by atomic mass is 16.5. The summed E-state index contributed by atoms with van der Waals surface area (Å²) in [6.45, 7) is 2.48. The standard InChI is InChI=1S/C23H23NO5/c1-3-28-18-11-8-16(9-12-18)14-24(2)21(25)15-29-23(27)20-13-10-17-6-4-5-7-19(17)22(20)26/h4-13,26H,3,14-15H2,1-2H3. The summed E-state index contributed by atoms with van der Waals surface area (Å²) in [4.78, 5) is 26.1. The van der Waals surface area contributed by atoms with Gasteiger partial charge in [-0.15, -0.1) is 0 Å². The van der Waals surface area contributed by atoms with E-state index in [4.69, 9.17) is 9.47 Å². The summed E-state index contributed by atoms with van der Waals surface area (Å²) in [7, 11) is 1.64. The van der Waals surface area contributed by atoms with E-state index in [-0.39, 0.29) is 17.2 Å². The molecule has 0 heterocycles. The monoisotopic (exact) mass is 393 g/mol. The molecule has 0 atom stereocenters. The molecule has 150 valence electrons. The Hall–Kier alpha value is -3.54. The fourth-order valence-corrected chi connectivity index (χ4v) is 2.95. The lowest BCUT2D eigenvalue weighted by Gasteiger charge is -2.17. The van der Waals surface area contributed by atoms with Crippen LogP contribution < -0.4 is 4.74 Å². The zero-order valence-corrected chi connectivity index (χ0v) is 16.4. The van der Waals surface area contributed by atoms with Crippen LogP contribution in [0.25, 0.3) is 10.8 Å². The van der Waals surface area contributed by atoms with E-state index in [9.17, 15) is 14.7 Å². The fraction of sp³-hybridized carbons (Fsp3) is 0.217. The normalized spacial score (nSPS) is 10.6. The Kier molecular flexibility index (Phi) is 6.34. The number of carbonyl (C=O) groups excluding carboxylic acids is 2. The Morgan fingerprint density at radius 3 is 2.45 bits per heavy atom. The predicted molar refractivity (Wildman–Crippen MR) is 110 cm³/mol. The number of rotatable bonds is 7. The number of likely N-dealkylation sites (N-methyl/N-ethyl adjacent to an activating group) is 1. The van der Waals surface area contributed by atoms with Crippen molar-refractivity contribution in [1.82, 2.24) is 4.90 Å². The largest absolute Gasteiger partial charge is 0.506 e. The second-order valence-electron chi connectivity index (χ2n) is 6.59. The Bertz CT molecular complexity index is 1010. The van der Waals surface area contributed by atoms with Gasteiger partial charge in [-0.2, -0.15) is 0 Å². The first-order valence-corrected chi connectivity index (χ1v) is 9.33. The van der Waals surface area contributed by atoms with Crippen LogP contribution in [0.4, 0.5) is 0 Å². The van der Waals surface area contributed by atoms with E-state index >= 15 is 0 Å². The summed E-state index contributed by atoms with van der Waals surface area (Å²) >= 11 is 0. The lowest BCUT2D eigenvalue weighted by Crippen LogP contribution is -2.30. The molecule has 0 unspecified atom stereocenters. The van der Waals surface area contributed by atoms with Crippen LogP contribution in [0.3, 0.4) is 0 Å². The van der Waals surface area contributed by atoms with Gasteiger partial charge in [0.05, 0.1) is 6.61 Å². The molecule has 0 aliphatic rings. The van der Waals surface area contributed by atoms with Crippen LogP contribution in [0.5, 0.6) is 11.5 Å². The molecule has 6 nitrogen and oxygen atoms in total. The van der Waals surface area contributed by atoms with Crippen LogP contribution in [0.15, 0.2) is 60.7 Å². The van der Waals surface area contributed by atoms with Gasteiger partial charge in [0.25, 0.3) is 5.91 Å². The average molecular weight is 393 g/mol. The van der Waals surface area contributed by atoms with Crippen molar-refractivity contribution >= 4 is 22.6 Å². The number of esters is 1. The molecule has 0 fully saturated rings. The number of nitrogens with zero attached hydrogens (tertiary/aromatic N) is 1. The lowest BCUT2D eigenvalue weighted by atomic mass is 10.1. The van der Waals surface area contributed by atoms with Crippen molar-refractivity contribution in [1.29, 1.82) is 0 Å². The summed E-state index contributed by atoms with van der Waals surface area (Å²) in [6.07, 6.45) is 0. The molecule has 0 spiro atoms. The molecule has 1 N–H and O–H groups in total. The Balaban J connectivity index is 1.58. The van der Waals surface area contributed by atoms with Crippen molar-refractivity contribution in [2.45, 2.75) is 13.5 Å². The number of fused-ring (bicyclic) bond motifs is 1. The third-order valence-corrected chi connectivity index (χ3v) is 4.53. The molecule has 3 rings (SSSR count). The lowest BCUT2D eigenvalue weighted by molar-refractivity contribution is -0.133. The van der Waals surface area contributed by atoms with E-state index in [1.165, 1.54) is 11.0 Å². The van der Waals surface area contributed by atoms with Gasteiger partial charge in [-0.05, 0) is 36.1 Å². The fourth-order valence-electron chi connectivity index (χ4n) is 2.95. The van der Waals surface area contributed by atoms with Crippen molar-refractivity contribution < 1.29 is 24.2 Å². The van der Waals surface area contributed by atoms with Crippen molar-refractivity contribution in [3.63, 3.8) is 0 Å². The van der Waals surface area contributed by atoms with Gasteiger partial charge in [0, 0.05) is 19.0 Å². The van der Waals surface area contributed by atoms with E-state index in [2.05, 4.69) is 0 Å². The first-order chi connectivity index (χ1) is 14.0. The first kappa shape index (κ1) is 20.2. The Morgan fingerprint density at radius 1 is 1.00 bits per heavy atom. The molecule has 0 radical (unpaired) electrons. The van der Waals surface area contributed by atoms with Crippen molar-refractivity contribution in [2.75, 3.05) is 20.3 Å². The van der Waals surface area contributed by atoms with Crippen LogP contribution in [0, 0.1) is 0 Å². The molecule has 3 aromatic rings. The Labute approximate surface area is 169 Å². The molecule has 6 heteroatoms. The molecule has 0 saturated heterocycles. The van der Waals surface area contributed by atoms with Crippen LogP contribution >= 0.6 is 0 Å². The molecule has 29 heavy (non-hydrogen) atoms. The van der Waals surface area contributed by atoms with E-state index in [1.807, 2.05) is 43.3 Å². The summed E-state index contributed by atoms with van der Waals surface area (Å²) in [5, 5.41) is 11.7. The zero-order chi connectivity index (χ0) is 20.8. The second kappa shape index (κ2) is 9.10. The summed E-state index contributed by atoms with van der Waals surface area (Å²) < 4.78 is 10.5. The van der Waals surface area contributed by atoms with Crippen molar-refractivity contribution in [3.8, 4) is 11.5 Å². The molecule has 0 aliphatic heterocycles. The molecule has 3 aromatic carbocycles. The van der Waals surface area contributed by atoms with Crippen LogP contribution in [0.1, 0.15) is 22.8 Å². The van der Waals surface area contributed by atoms with Gasteiger partial charge in [0.2, 0.25) is 0 Å². The molecular formula is C23H23NO5. The highest BCUT2D eigenvalue weighted by molar-refractivity contribution is 6.01. The van der Waals surface area contributed by atoms with Gasteiger partial charge in [0.15, 0.2) is 6.61 Å². The number of hydrogen-bond donors (Lipinski definition) is 1. The van der Waals surface area contributed by atoms with Crippen LogP contribution in [0.2, 0.25) is 0 Å². The average Bonchev–Trinajstić information content (AvgIpc) is 2.73. The third kappa shape index (κ3) is 4.85. The van der Waals surface area contributed by atoms with Crippen LogP contribution in [-0.4, -0.2) is 42.1 Å². The van der Waals surface area contributed by atoms with Gasteiger partial charge in [0.1, 0.15) is 17.1 Å². The minimum absolute atomic E-state index is 0.0330. The number of amides is 1. The van der Waals surface area contributed by atoms with E-state index in [1.54, 1.807) is 25.2 Å². The highest BCUT2D eigenvalue weighted by Crippen LogP contribution is 2.29. The number of hydrogen-bond acceptors (Lipinski definition) is 5. The van der Waals surface area contributed by atoms with Gasteiger partial charge in [-0.1, -0.05) is 42.5 Å². The minimum Gasteiger partial charge on any atom is -0.506 e. The topological polar surface area (TPSA) is 76.1 Å². The summed E-state index contributed by atoms with van der Waals surface area (Å²) in [6, 6.07) is 17.9. The quantitative estimate of drug-likeness (QED) is 0.619. The van der Waals surface area contributed by atoms with E-state index < -0.39 is 12.6 Å². The maximum Gasteiger partial charge on any atom is 0.342 e. The highest BCUT2D eigenvalue weighted by Gasteiger charge is 2.18. The van der Waals surface area contributed by atoms with Crippen molar-refractivity contribution in [3.05, 3.63) is 71.8 Å².